The van der Waals surface area contributed by atoms with Crippen LogP contribution in [0.25, 0.3) is 0 Å². The van der Waals surface area contributed by atoms with Gasteiger partial charge in [0, 0.05) is 17.2 Å². The van der Waals surface area contributed by atoms with Crippen molar-refractivity contribution < 1.29 is 14.3 Å². The molecule has 0 N–H and O–H groups in total. The van der Waals surface area contributed by atoms with Crippen LogP contribution in [0.3, 0.4) is 0 Å². The molecule has 0 aromatic heterocycles. The number of benzene rings is 1. The maximum Gasteiger partial charge on any atom is 0.293 e. The highest BCUT2D eigenvalue weighted by Gasteiger charge is 2.58. The fourth-order valence-corrected chi connectivity index (χ4v) is 3.23. The van der Waals surface area contributed by atoms with Crippen molar-refractivity contribution in [1.29, 1.82) is 0 Å². The number of methoxy groups -OCH3 is 1. The van der Waals surface area contributed by atoms with Crippen molar-refractivity contribution in [2.45, 2.75) is 45.1 Å². The smallest absolute Gasteiger partial charge is 0.293 e. The molecule has 6 heteroatoms. The van der Waals surface area contributed by atoms with Crippen LogP contribution in [-0.2, 0) is 9.53 Å². The third-order valence-corrected chi connectivity index (χ3v) is 4.24. The minimum atomic E-state index is -1.00. The standard InChI is InChI=1S/C15H19Cl2NO3/c1-5-12-15(2,3)18(12)13(19)14(20-4)21-11-7-9(16)6-10(17)8-11/h6-8,12,14H,5H2,1-4H3. The molecule has 0 saturated carbocycles. The minimum absolute atomic E-state index is 0.155. The molecule has 1 heterocycles. The van der Waals surface area contributed by atoms with Gasteiger partial charge in [-0.15, -0.1) is 0 Å². The molecule has 0 bridgehead atoms. The molecule has 0 spiro atoms. The number of hydrogen-bond donors (Lipinski definition) is 0. The SMILES string of the molecule is CCC1N(C(=O)C(OC)Oc2cc(Cl)cc(Cl)c2)C1(C)C. The maximum atomic E-state index is 12.5. The third kappa shape index (κ3) is 3.28. The van der Waals surface area contributed by atoms with Gasteiger partial charge in [0.15, 0.2) is 0 Å². The molecule has 116 valence electrons. The second-order valence-corrected chi connectivity index (χ2v) is 6.45. The van der Waals surface area contributed by atoms with Gasteiger partial charge in [0.05, 0.1) is 11.6 Å². The molecule has 1 aliphatic rings. The summed E-state index contributed by atoms with van der Waals surface area (Å²) in [6.45, 7) is 6.11. The fourth-order valence-electron chi connectivity index (χ4n) is 2.72. The van der Waals surface area contributed by atoms with E-state index in [0.29, 0.717) is 15.8 Å². The Hall–Kier alpha value is -0.970. The lowest BCUT2D eigenvalue weighted by atomic mass is 10.1. The van der Waals surface area contributed by atoms with E-state index in [9.17, 15) is 4.79 Å². The molecule has 1 saturated heterocycles. The van der Waals surface area contributed by atoms with Crippen LogP contribution < -0.4 is 4.74 Å². The van der Waals surface area contributed by atoms with E-state index in [4.69, 9.17) is 32.7 Å². The van der Waals surface area contributed by atoms with E-state index in [1.807, 2.05) is 13.8 Å². The van der Waals surface area contributed by atoms with Crippen molar-refractivity contribution in [2.24, 2.45) is 0 Å². The molecule has 0 aliphatic carbocycles. The van der Waals surface area contributed by atoms with Crippen molar-refractivity contribution >= 4 is 29.1 Å². The molecule has 2 rings (SSSR count). The normalized spacial score (nSPS) is 21.0. The molecule has 1 amide bonds. The second-order valence-electron chi connectivity index (χ2n) is 5.58. The molecule has 4 nitrogen and oxygen atoms in total. The lowest BCUT2D eigenvalue weighted by Crippen LogP contribution is -2.36. The van der Waals surface area contributed by atoms with Crippen molar-refractivity contribution in [1.82, 2.24) is 4.90 Å². The molecule has 1 aromatic carbocycles. The summed E-state index contributed by atoms with van der Waals surface area (Å²) in [5.74, 6) is 0.214. The number of carbonyl (C=O) groups is 1. The Morgan fingerprint density at radius 3 is 2.33 bits per heavy atom. The van der Waals surface area contributed by atoms with Gasteiger partial charge in [-0.1, -0.05) is 30.1 Å². The van der Waals surface area contributed by atoms with Crippen molar-refractivity contribution in [3.63, 3.8) is 0 Å². The first-order chi connectivity index (χ1) is 9.81. The summed E-state index contributed by atoms with van der Waals surface area (Å²) in [6, 6.07) is 5.00. The van der Waals surface area contributed by atoms with Gasteiger partial charge in [-0.05, 0) is 38.5 Å². The first kappa shape index (κ1) is 16.4. The molecule has 2 atom stereocenters. The number of amides is 1. The molecular formula is C15H19Cl2NO3. The topological polar surface area (TPSA) is 38.5 Å². The summed E-state index contributed by atoms with van der Waals surface area (Å²) in [5.41, 5.74) is -0.155. The second kappa shape index (κ2) is 6.03. The summed E-state index contributed by atoms with van der Waals surface area (Å²) in [4.78, 5) is 14.3. The van der Waals surface area contributed by atoms with E-state index < -0.39 is 6.29 Å². The third-order valence-electron chi connectivity index (χ3n) is 3.80. The van der Waals surface area contributed by atoms with E-state index >= 15 is 0 Å². The van der Waals surface area contributed by atoms with Crippen LogP contribution in [0.1, 0.15) is 27.2 Å². The molecule has 21 heavy (non-hydrogen) atoms. The lowest BCUT2D eigenvalue weighted by Gasteiger charge is -2.18. The summed E-state index contributed by atoms with van der Waals surface area (Å²) in [5, 5.41) is 0.886. The van der Waals surface area contributed by atoms with Gasteiger partial charge < -0.3 is 14.4 Å². The van der Waals surface area contributed by atoms with Gasteiger partial charge in [0.1, 0.15) is 5.75 Å². The lowest BCUT2D eigenvalue weighted by molar-refractivity contribution is -0.155. The minimum Gasteiger partial charge on any atom is -0.455 e. The van der Waals surface area contributed by atoms with Gasteiger partial charge in [0.2, 0.25) is 0 Å². The molecule has 2 unspecified atom stereocenters. The van der Waals surface area contributed by atoms with Gasteiger partial charge in [-0.3, -0.25) is 4.79 Å². The Morgan fingerprint density at radius 1 is 1.33 bits per heavy atom. The quantitative estimate of drug-likeness (QED) is 0.609. The van der Waals surface area contributed by atoms with Crippen LogP contribution in [-0.4, -0.2) is 35.8 Å². The highest BCUT2D eigenvalue weighted by atomic mass is 35.5. The Bertz CT molecular complexity index is 527. The molecule has 1 fully saturated rings. The van der Waals surface area contributed by atoms with E-state index in [2.05, 4.69) is 6.92 Å². The Balaban J connectivity index is 2.12. The van der Waals surface area contributed by atoms with Gasteiger partial charge >= 0.3 is 0 Å². The largest absolute Gasteiger partial charge is 0.455 e. The van der Waals surface area contributed by atoms with Gasteiger partial charge in [-0.25, -0.2) is 0 Å². The maximum absolute atomic E-state index is 12.5. The molecular weight excluding hydrogens is 313 g/mol. The highest BCUT2D eigenvalue weighted by Crippen LogP contribution is 2.43. The summed E-state index contributed by atoms with van der Waals surface area (Å²) in [7, 11) is 1.44. The predicted octanol–water partition coefficient (Wildman–Crippen LogP) is 3.74. The van der Waals surface area contributed by atoms with E-state index in [-0.39, 0.29) is 17.5 Å². The number of hydrogen-bond acceptors (Lipinski definition) is 3. The summed E-state index contributed by atoms with van der Waals surface area (Å²) >= 11 is 11.8. The summed E-state index contributed by atoms with van der Waals surface area (Å²) < 4.78 is 10.8. The van der Waals surface area contributed by atoms with Crippen molar-refractivity contribution in [3.05, 3.63) is 28.2 Å². The predicted molar refractivity (Wildman–Crippen MR) is 82.9 cm³/mol. The van der Waals surface area contributed by atoms with Crippen molar-refractivity contribution in [3.8, 4) is 5.75 Å². The monoisotopic (exact) mass is 331 g/mol. The highest BCUT2D eigenvalue weighted by molar-refractivity contribution is 6.34. The Labute approximate surface area is 134 Å². The van der Waals surface area contributed by atoms with E-state index in [1.54, 1.807) is 23.1 Å². The average molecular weight is 332 g/mol. The Morgan fingerprint density at radius 2 is 1.90 bits per heavy atom. The van der Waals surface area contributed by atoms with Crippen LogP contribution in [0.15, 0.2) is 18.2 Å². The summed E-state index contributed by atoms with van der Waals surface area (Å²) in [6.07, 6.45) is -0.103. The Kier molecular flexibility index (Phi) is 4.71. The number of carbonyl (C=O) groups excluding carboxylic acids is 1. The van der Waals surface area contributed by atoms with Crippen LogP contribution >= 0.6 is 23.2 Å². The van der Waals surface area contributed by atoms with E-state index in [1.165, 1.54) is 7.11 Å². The van der Waals surface area contributed by atoms with E-state index in [0.717, 1.165) is 6.42 Å². The van der Waals surface area contributed by atoms with Crippen LogP contribution in [0.5, 0.6) is 5.75 Å². The fraction of sp³-hybridized carbons (Fsp3) is 0.533. The average Bonchev–Trinajstić information content (AvgIpc) is 2.95. The zero-order chi connectivity index (χ0) is 15.8. The van der Waals surface area contributed by atoms with Crippen LogP contribution in [0.4, 0.5) is 0 Å². The first-order valence-corrected chi connectivity index (χ1v) is 7.55. The molecule has 0 radical (unpaired) electrons. The number of nitrogens with zero attached hydrogens (tertiary/aromatic N) is 1. The van der Waals surface area contributed by atoms with Gasteiger partial charge in [-0.2, -0.15) is 0 Å². The molecule has 1 aromatic rings. The van der Waals surface area contributed by atoms with Gasteiger partial charge in [0.25, 0.3) is 12.2 Å². The number of ether oxygens (including phenoxy) is 2. The molecule has 1 aliphatic heterocycles. The van der Waals surface area contributed by atoms with Crippen molar-refractivity contribution in [2.75, 3.05) is 7.11 Å². The number of halogens is 2. The zero-order valence-electron chi connectivity index (χ0n) is 12.5. The first-order valence-electron chi connectivity index (χ1n) is 6.80. The number of rotatable bonds is 5. The zero-order valence-corrected chi connectivity index (χ0v) is 14.0. The van der Waals surface area contributed by atoms with Crippen LogP contribution in [0, 0.1) is 0 Å². The van der Waals surface area contributed by atoms with Crippen LogP contribution in [0.2, 0.25) is 10.0 Å².